The molecule has 0 spiro atoms. The number of nitrogens with one attached hydrogen (secondary N) is 1. The molecule has 0 unspecified atom stereocenters. The molecule has 2 heteroatoms. The van der Waals surface area contributed by atoms with Gasteiger partial charge in [0.1, 0.15) is 0 Å². The van der Waals surface area contributed by atoms with Crippen molar-refractivity contribution in [3.63, 3.8) is 0 Å². The highest BCUT2D eigenvalue weighted by Gasteiger charge is 2.04. The lowest BCUT2D eigenvalue weighted by atomic mass is 10.0. The smallest absolute Gasteiger partial charge is 0.00231 e. The topological polar surface area (TPSA) is 12.0 Å². The fourth-order valence-electron chi connectivity index (χ4n) is 1.03. The van der Waals surface area contributed by atoms with Gasteiger partial charge in [-0.3, -0.25) is 0 Å². The zero-order chi connectivity index (χ0) is 5.11. The Morgan fingerprint density at radius 2 is 2.25 bits per heavy atom. The highest BCUT2D eigenvalue weighted by molar-refractivity contribution is 5.85. The monoisotopic (exact) mass is 135 g/mol. The van der Waals surface area contributed by atoms with Crippen molar-refractivity contribution >= 4 is 12.4 Å². The van der Waals surface area contributed by atoms with Gasteiger partial charge < -0.3 is 5.32 Å². The van der Waals surface area contributed by atoms with Gasteiger partial charge in [-0.2, -0.15) is 0 Å². The van der Waals surface area contributed by atoms with E-state index in [1.807, 2.05) is 0 Å². The van der Waals surface area contributed by atoms with E-state index in [1.54, 1.807) is 0 Å². The zero-order valence-corrected chi connectivity index (χ0v) is 6.13. The Kier molecular flexibility index (Phi) is 4.29. The maximum absolute atomic E-state index is 3.33. The molecule has 1 nitrogen and oxygen atoms in total. The minimum Gasteiger partial charge on any atom is -0.316 e. The second-order valence-corrected chi connectivity index (χ2v) is 2.45. The molecule has 1 saturated heterocycles. The predicted molar refractivity (Wildman–Crippen MR) is 38.5 cm³/mol. The van der Waals surface area contributed by atoms with Gasteiger partial charge in [0.2, 0.25) is 0 Å². The second-order valence-electron chi connectivity index (χ2n) is 2.45. The molecule has 1 heterocycles. The van der Waals surface area contributed by atoms with Gasteiger partial charge in [0.25, 0.3) is 0 Å². The van der Waals surface area contributed by atoms with Crippen LogP contribution in [0.1, 0.15) is 19.8 Å². The van der Waals surface area contributed by atoms with Gasteiger partial charge in [0.15, 0.2) is 0 Å². The lowest BCUT2D eigenvalue weighted by Gasteiger charge is -2.17. The molecule has 1 atom stereocenters. The summed E-state index contributed by atoms with van der Waals surface area (Å²) in [4.78, 5) is 0. The maximum atomic E-state index is 3.33. The molecule has 1 fully saturated rings. The van der Waals surface area contributed by atoms with Gasteiger partial charge in [-0.25, -0.2) is 0 Å². The molecule has 0 aromatic heterocycles. The summed E-state index contributed by atoms with van der Waals surface area (Å²) in [5, 5.41) is 3.33. The van der Waals surface area contributed by atoms with Crippen LogP contribution in [0.3, 0.4) is 0 Å². The quantitative estimate of drug-likeness (QED) is 0.530. The van der Waals surface area contributed by atoms with Crippen LogP contribution in [0.2, 0.25) is 0 Å². The summed E-state index contributed by atoms with van der Waals surface area (Å²) in [6.07, 6.45) is 2.80. The van der Waals surface area contributed by atoms with Crippen molar-refractivity contribution in [3.05, 3.63) is 0 Å². The van der Waals surface area contributed by atoms with Gasteiger partial charge in [-0.05, 0) is 31.8 Å². The molecule has 1 aliphatic rings. The van der Waals surface area contributed by atoms with E-state index < -0.39 is 0 Å². The molecular weight excluding hydrogens is 122 g/mol. The van der Waals surface area contributed by atoms with Crippen LogP contribution in [0.5, 0.6) is 0 Å². The van der Waals surface area contributed by atoms with Crippen LogP contribution >= 0.6 is 12.4 Å². The van der Waals surface area contributed by atoms with Crippen LogP contribution in [-0.2, 0) is 0 Å². The molecule has 1 aliphatic heterocycles. The number of piperidine rings is 1. The highest BCUT2D eigenvalue weighted by Crippen LogP contribution is 2.06. The van der Waals surface area contributed by atoms with Crippen LogP contribution in [0.25, 0.3) is 0 Å². The average Bonchev–Trinajstić information content (AvgIpc) is 1.69. The summed E-state index contributed by atoms with van der Waals surface area (Å²) in [6, 6.07) is 0. The third kappa shape index (κ3) is 2.53. The minimum absolute atomic E-state index is 0. The van der Waals surface area contributed by atoms with E-state index in [0.29, 0.717) is 0 Å². The van der Waals surface area contributed by atoms with Crippen molar-refractivity contribution in [2.75, 3.05) is 13.1 Å². The second kappa shape index (κ2) is 4.16. The maximum Gasteiger partial charge on any atom is -0.00231 e. The average molecular weight is 136 g/mol. The Bertz CT molecular complexity index is 50.5. The van der Waals surface area contributed by atoms with Crippen LogP contribution in [0.4, 0.5) is 0 Å². The molecular formula is C6H14ClN. The largest absolute Gasteiger partial charge is 0.316 e. The van der Waals surface area contributed by atoms with E-state index in [0.717, 1.165) is 5.92 Å². The van der Waals surface area contributed by atoms with Crippen molar-refractivity contribution in [2.24, 2.45) is 5.92 Å². The summed E-state index contributed by atoms with van der Waals surface area (Å²) >= 11 is 0. The van der Waals surface area contributed by atoms with Crippen LogP contribution in [0, 0.1) is 5.92 Å². The zero-order valence-electron chi connectivity index (χ0n) is 5.31. The van der Waals surface area contributed by atoms with Gasteiger partial charge >= 0.3 is 0 Å². The van der Waals surface area contributed by atoms with E-state index in [2.05, 4.69) is 12.2 Å². The van der Waals surface area contributed by atoms with E-state index in [1.165, 1.54) is 25.9 Å². The van der Waals surface area contributed by atoms with Crippen LogP contribution in [0.15, 0.2) is 0 Å². The summed E-state index contributed by atoms with van der Waals surface area (Å²) in [5.74, 6) is 0.925. The summed E-state index contributed by atoms with van der Waals surface area (Å²) in [7, 11) is 0. The first-order valence-corrected chi connectivity index (χ1v) is 3.10. The van der Waals surface area contributed by atoms with Gasteiger partial charge in [-0.15, -0.1) is 12.4 Å². The first-order chi connectivity index (χ1) is 3.39. The standard InChI is InChI=1S/C6H13N.ClH/c1-6-3-2-4-7-5-6;/h6-7H,2-5H2,1H3;1H/t6-;/m0./s1. The Morgan fingerprint density at radius 3 is 2.50 bits per heavy atom. The molecule has 1 N–H and O–H groups in total. The van der Waals surface area contributed by atoms with Crippen molar-refractivity contribution in [3.8, 4) is 0 Å². The summed E-state index contributed by atoms with van der Waals surface area (Å²) < 4.78 is 0. The Hall–Kier alpha value is 0.250. The fourth-order valence-corrected chi connectivity index (χ4v) is 1.03. The van der Waals surface area contributed by atoms with Gasteiger partial charge in [0, 0.05) is 0 Å². The molecule has 1 rings (SSSR count). The molecule has 0 aliphatic carbocycles. The van der Waals surface area contributed by atoms with E-state index in [4.69, 9.17) is 0 Å². The van der Waals surface area contributed by atoms with E-state index >= 15 is 0 Å². The van der Waals surface area contributed by atoms with Crippen LogP contribution in [-0.4, -0.2) is 13.1 Å². The van der Waals surface area contributed by atoms with E-state index in [-0.39, 0.29) is 12.4 Å². The first kappa shape index (κ1) is 8.25. The molecule has 0 saturated carbocycles. The molecule has 8 heavy (non-hydrogen) atoms. The van der Waals surface area contributed by atoms with Crippen molar-refractivity contribution in [1.82, 2.24) is 5.32 Å². The molecule has 50 valence electrons. The normalized spacial score (nSPS) is 28.9. The number of rotatable bonds is 0. The SMILES string of the molecule is C[C@H]1CCCNC1.Cl. The van der Waals surface area contributed by atoms with Crippen molar-refractivity contribution < 1.29 is 0 Å². The number of halogens is 1. The third-order valence-corrected chi connectivity index (χ3v) is 1.54. The fraction of sp³-hybridized carbons (Fsp3) is 1.00. The highest BCUT2D eigenvalue weighted by atomic mass is 35.5. The molecule has 0 amide bonds. The Labute approximate surface area is 57.3 Å². The Balaban J connectivity index is 0.000000490. The van der Waals surface area contributed by atoms with Crippen molar-refractivity contribution in [1.29, 1.82) is 0 Å². The number of hydrogen-bond donors (Lipinski definition) is 1. The van der Waals surface area contributed by atoms with Gasteiger partial charge in [-0.1, -0.05) is 6.92 Å². The minimum atomic E-state index is 0. The number of hydrogen-bond acceptors (Lipinski definition) is 1. The van der Waals surface area contributed by atoms with Crippen molar-refractivity contribution in [2.45, 2.75) is 19.8 Å². The predicted octanol–water partition coefficient (Wildman–Crippen LogP) is 1.43. The first-order valence-electron chi connectivity index (χ1n) is 3.10. The summed E-state index contributed by atoms with van der Waals surface area (Å²) in [5.41, 5.74) is 0. The van der Waals surface area contributed by atoms with Crippen LogP contribution < -0.4 is 5.32 Å². The van der Waals surface area contributed by atoms with Gasteiger partial charge in [0.05, 0.1) is 0 Å². The molecule has 0 radical (unpaired) electrons. The lowest BCUT2D eigenvalue weighted by molar-refractivity contribution is 0.405. The lowest BCUT2D eigenvalue weighted by Crippen LogP contribution is -2.27. The molecule has 0 bridgehead atoms. The third-order valence-electron chi connectivity index (χ3n) is 1.54. The molecule has 0 aromatic rings. The van der Waals surface area contributed by atoms with E-state index in [9.17, 15) is 0 Å². The summed E-state index contributed by atoms with van der Waals surface area (Å²) in [6.45, 7) is 4.77. The Morgan fingerprint density at radius 1 is 1.50 bits per heavy atom. The molecule has 0 aromatic carbocycles.